The zero-order valence-electron chi connectivity index (χ0n) is 15.1. The number of rotatable bonds is 4. The van der Waals surface area contributed by atoms with Gasteiger partial charge < -0.3 is 14.2 Å². The average Bonchev–Trinajstić information content (AvgIpc) is 3.02. The molecular formula is C23H16O5. The van der Waals surface area contributed by atoms with Crippen LogP contribution in [0.3, 0.4) is 0 Å². The van der Waals surface area contributed by atoms with E-state index in [4.69, 9.17) is 14.2 Å². The lowest BCUT2D eigenvalue weighted by Gasteiger charge is -2.07. The van der Waals surface area contributed by atoms with Gasteiger partial charge in [-0.25, -0.2) is 9.59 Å². The summed E-state index contributed by atoms with van der Waals surface area (Å²) in [4.78, 5) is 24.2. The fraction of sp³-hybridized carbons (Fsp3) is 0.0435. The first-order valence-corrected chi connectivity index (χ1v) is 8.57. The van der Waals surface area contributed by atoms with E-state index in [1.807, 2.05) is 36.4 Å². The van der Waals surface area contributed by atoms with Gasteiger partial charge in [-0.1, -0.05) is 30.8 Å². The number of ether oxygens (including phenoxy) is 3. The quantitative estimate of drug-likeness (QED) is 0.490. The molecule has 138 valence electrons. The minimum absolute atomic E-state index is 0.268. The Bertz CT molecular complexity index is 1080. The molecule has 0 aliphatic carbocycles. The van der Waals surface area contributed by atoms with Crippen LogP contribution in [0.4, 0.5) is 0 Å². The van der Waals surface area contributed by atoms with Gasteiger partial charge in [0.2, 0.25) is 0 Å². The van der Waals surface area contributed by atoms with Gasteiger partial charge in [0.1, 0.15) is 17.3 Å². The van der Waals surface area contributed by atoms with Crippen LogP contribution in [-0.4, -0.2) is 19.0 Å². The number of cyclic esters (lactones) is 1. The summed E-state index contributed by atoms with van der Waals surface area (Å²) in [6, 6.07) is 19.5. The highest BCUT2D eigenvalue weighted by atomic mass is 16.5. The molecule has 0 amide bonds. The minimum Gasteiger partial charge on any atom is -0.497 e. The van der Waals surface area contributed by atoms with Crippen molar-refractivity contribution in [3.8, 4) is 22.6 Å². The van der Waals surface area contributed by atoms with E-state index >= 15 is 0 Å². The van der Waals surface area contributed by atoms with E-state index in [2.05, 4.69) is 6.58 Å². The molecule has 0 N–H and O–H groups in total. The molecule has 5 heteroatoms. The monoisotopic (exact) mass is 372 g/mol. The van der Waals surface area contributed by atoms with Crippen LogP contribution in [0.5, 0.6) is 11.5 Å². The third-order valence-electron chi connectivity index (χ3n) is 4.48. The maximum Gasteiger partial charge on any atom is 0.344 e. The SMILES string of the molecule is C=C1OC(=O)c2cc(C(=O)Oc3ccc(-c4ccc(OC)cc4)cc3)ccc21. The van der Waals surface area contributed by atoms with Crippen molar-refractivity contribution in [3.63, 3.8) is 0 Å². The van der Waals surface area contributed by atoms with Gasteiger partial charge in [-0.05, 0) is 53.6 Å². The summed E-state index contributed by atoms with van der Waals surface area (Å²) in [5.74, 6) is 0.420. The smallest absolute Gasteiger partial charge is 0.344 e. The van der Waals surface area contributed by atoms with Crippen LogP contribution in [0.15, 0.2) is 73.3 Å². The Hall–Kier alpha value is -3.86. The van der Waals surface area contributed by atoms with Crippen LogP contribution in [-0.2, 0) is 4.74 Å². The molecule has 3 aromatic carbocycles. The summed E-state index contributed by atoms with van der Waals surface area (Å²) in [6.45, 7) is 3.66. The Balaban J connectivity index is 1.50. The van der Waals surface area contributed by atoms with Gasteiger partial charge in [-0.2, -0.15) is 0 Å². The Morgan fingerprint density at radius 3 is 2.07 bits per heavy atom. The lowest BCUT2D eigenvalue weighted by Crippen LogP contribution is -2.09. The number of fused-ring (bicyclic) bond motifs is 1. The molecule has 1 aliphatic heterocycles. The zero-order chi connectivity index (χ0) is 19.7. The third-order valence-corrected chi connectivity index (χ3v) is 4.48. The molecular weight excluding hydrogens is 356 g/mol. The van der Waals surface area contributed by atoms with E-state index < -0.39 is 11.9 Å². The lowest BCUT2D eigenvalue weighted by atomic mass is 10.0. The highest BCUT2D eigenvalue weighted by Crippen LogP contribution is 2.29. The van der Waals surface area contributed by atoms with Crippen molar-refractivity contribution in [1.29, 1.82) is 0 Å². The van der Waals surface area contributed by atoms with Gasteiger partial charge in [-0.15, -0.1) is 0 Å². The molecule has 0 saturated carbocycles. The number of benzene rings is 3. The number of hydrogen-bond donors (Lipinski definition) is 0. The first kappa shape index (κ1) is 17.5. The molecule has 0 aromatic heterocycles. The summed E-state index contributed by atoms with van der Waals surface area (Å²) in [7, 11) is 1.62. The van der Waals surface area contributed by atoms with Crippen LogP contribution in [0, 0.1) is 0 Å². The van der Waals surface area contributed by atoms with Gasteiger partial charge in [0.15, 0.2) is 0 Å². The summed E-state index contributed by atoms with van der Waals surface area (Å²) >= 11 is 0. The molecule has 4 rings (SSSR count). The molecule has 0 bridgehead atoms. The van der Waals surface area contributed by atoms with Crippen molar-refractivity contribution in [2.45, 2.75) is 0 Å². The van der Waals surface area contributed by atoms with Gasteiger partial charge in [0, 0.05) is 5.56 Å². The Morgan fingerprint density at radius 1 is 0.857 bits per heavy atom. The predicted molar refractivity (Wildman–Crippen MR) is 104 cm³/mol. The second kappa shape index (κ2) is 7.04. The summed E-state index contributed by atoms with van der Waals surface area (Å²) in [5.41, 5.74) is 3.18. The Labute approximate surface area is 161 Å². The second-order valence-electron chi connectivity index (χ2n) is 6.22. The van der Waals surface area contributed by atoms with E-state index in [0.717, 1.165) is 16.9 Å². The summed E-state index contributed by atoms with van der Waals surface area (Å²) < 4.78 is 15.5. The molecule has 28 heavy (non-hydrogen) atoms. The van der Waals surface area contributed by atoms with E-state index in [1.165, 1.54) is 6.07 Å². The second-order valence-corrected chi connectivity index (χ2v) is 6.22. The van der Waals surface area contributed by atoms with Crippen molar-refractivity contribution in [3.05, 3.63) is 90.0 Å². The molecule has 5 nitrogen and oxygen atoms in total. The maximum atomic E-state index is 12.4. The first-order valence-electron chi connectivity index (χ1n) is 8.57. The van der Waals surface area contributed by atoms with E-state index in [9.17, 15) is 9.59 Å². The normalized spacial score (nSPS) is 12.3. The first-order chi connectivity index (χ1) is 13.5. The molecule has 3 aromatic rings. The predicted octanol–water partition coefficient (Wildman–Crippen LogP) is 4.72. The Kier molecular flexibility index (Phi) is 4.41. The van der Waals surface area contributed by atoms with Crippen LogP contribution >= 0.6 is 0 Å². The van der Waals surface area contributed by atoms with E-state index in [-0.39, 0.29) is 11.3 Å². The van der Waals surface area contributed by atoms with Gasteiger partial charge in [0.05, 0.1) is 18.2 Å². The molecule has 0 unspecified atom stereocenters. The molecule has 0 spiro atoms. The van der Waals surface area contributed by atoms with Crippen LogP contribution in [0.25, 0.3) is 16.9 Å². The number of carbonyl (C=O) groups is 2. The largest absolute Gasteiger partial charge is 0.497 e. The number of carbonyl (C=O) groups excluding carboxylic acids is 2. The zero-order valence-corrected chi connectivity index (χ0v) is 15.1. The van der Waals surface area contributed by atoms with Gasteiger partial charge in [-0.3, -0.25) is 0 Å². The van der Waals surface area contributed by atoms with Gasteiger partial charge >= 0.3 is 11.9 Å². The van der Waals surface area contributed by atoms with E-state index in [0.29, 0.717) is 16.9 Å². The van der Waals surface area contributed by atoms with Crippen molar-refractivity contribution >= 4 is 17.7 Å². The third kappa shape index (κ3) is 3.25. The molecule has 0 radical (unpaired) electrons. The fourth-order valence-corrected chi connectivity index (χ4v) is 2.97. The maximum absolute atomic E-state index is 12.4. The van der Waals surface area contributed by atoms with Crippen LogP contribution in [0.1, 0.15) is 26.3 Å². The number of hydrogen-bond acceptors (Lipinski definition) is 5. The fourth-order valence-electron chi connectivity index (χ4n) is 2.97. The average molecular weight is 372 g/mol. The standard InChI is InChI=1S/C23H16O5/c1-14-20-12-7-17(13-21(20)23(25)27-14)22(24)28-19-10-5-16(6-11-19)15-3-8-18(26-2)9-4-15/h3-13H,1H2,2H3. The molecule has 1 heterocycles. The van der Waals surface area contributed by atoms with Crippen LogP contribution in [0.2, 0.25) is 0 Å². The number of esters is 2. The van der Waals surface area contributed by atoms with Gasteiger partial charge in [0.25, 0.3) is 0 Å². The summed E-state index contributed by atoms with van der Waals surface area (Å²) in [5, 5.41) is 0. The lowest BCUT2D eigenvalue weighted by molar-refractivity contribution is 0.0716. The minimum atomic E-state index is -0.551. The van der Waals surface area contributed by atoms with Crippen LogP contribution < -0.4 is 9.47 Å². The Morgan fingerprint density at radius 2 is 1.46 bits per heavy atom. The molecule has 0 fully saturated rings. The topological polar surface area (TPSA) is 61.8 Å². The number of methoxy groups -OCH3 is 1. The summed E-state index contributed by atoms with van der Waals surface area (Å²) in [6.07, 6.45) is 0. The molecule has 0 saturated heterocycles. The van der Waals surface area contributed by atoms with Crippen molar-refractivity contribution < 1.29 is 23.8 Å². The molecule has 1 aliphatic rings. The van der Waals surface area contributed by atoms with E-state index in [1.54, 1.807) is 31.4 Å². The highest BCUT2D eigenvalue weighted by Gasteiger charge is 2.26. The van der Waals surface area contributed by atoms with Crippen molar-refractivity contribution in [1.82, 2.24) is 0 Å². The molecule has 0 atom stereocenters. The van der Waals surface area contributed by atoms with Crippen molar-refractivity contribution in [2.24, 2.45) is 0 Å². The highest BCUT2D eigenvalue weighted by molar-refractivity contribution is 6.04. The van der Waals surface area contributed by atoms with Crippen molar-refractivity contribution in [2.75, 3.05) is 7.11 Å².